The smallest absolute Gasteiger partial charge is 0.310 e. The maximum absolute atomic E-state index is 13.5. The van der Waals surface area contributed by atoms with Gasteiger partial charge in [-0.25, -0.2) is 5.01 Å². The van der Waals surface area contributed by atoms with Gasteiger partial charge in [0.25, 0.3) is 0 Å². The summed E-state index contributed by atoms with van der Waals surface area (Å²) in [4.78, 5) is 17.6. The molecule has 1 aromatic heterocycles. The first kappa shape index (κ1) is 23.0. The number of amides is 1. The Morgan fingerprint density at radius 3 is 2.23 bits per heavy atom. The van der Waals surface area contributed by atoms with E-state index in [2.05, 4.69) is 64.4 Å². The Hall–Kier alpha value is -3.80. The van der Waals surface area contributed by atoms with Crippen molar-refractivity contribution in [1.82, 2.24) is 5.01 Å². The lowest BCUT2D eigenvalue weighted by Gasteiger charge is -2.29. The first-order valence-electron chi connectivity index (χ1n) is 12.1. The fraction of sp³-hybridized carbons (Fsp3) is 0.310. The zero-order valence-corrected chi connectivity index (χ0v) is 20.8. The minimum atomic E-state index is -0.201. The Labute approximate surface area is 207 Å². The summed E-state index contributed by atoms with van der Waals surface area (Å²) >= 11 is 0. The van der Waals surface area contributed by atoms with Crippen LogP contribution in [-0.2, 0) is 0 Å². The molecule has 180 valence electrons. The summed E-state index contributed by atoms with van der Waals surface area (Å²) in [6, 6.07) is 20.3. The van der Waals surface area contributed by atoms with Crippen LogP contribution in [0, 0.1) is 5.92 Å². The summed E-state index contributed by atoms with van der Waals surface area (Å²) in [5.74, 6) is 0.265. The van der Waals surface area contributed by atoms with Gasteiger partial charge < -0.3 is 14.2 Å². The molecule has 5 rings (SSSR count). The van der Waals surface area contributed by atoms with Crippen LogP contribution in [0.15, 0.2) is 82.0 Å². The molecular weight excluding hydrogens is 436 g/mol. The second-order valence-electron chi connectivity index (χ2n) is 9.70. The number of fused-ring (bicyclic) bond motifs is 1. The molecule has 1 fully saturated rings. The van der Waals surface area contributed by atoms with Gasteiger partial charge in [0.2, 0.25) is 0 Å². The van der Waals surface area contributed by atoms with Gasteiger partial charge in [-0.2, -0.15) is 5.10 Å². The Bertz CT molecular complexity index is 1240. The highest BCUT2D eigenvalue weighted by molar-refractivity contribution is 6.09. The van der Waals surface area contributed by atoms with E-state index in [0.717, 1.165) is 41.8 Å². The van der Waals surface area contributed by atoms with Gasteiger partial charge in [0.05, 0.1) is 18.0 Å². The molecule has 0 N–H and O–H groups in total. The minimum Gasteiger partial charge on any atom is -0.459 e. The van der Waals surface area contributed by atoms with E-state index < -0.39 is 0 Å². The highest BCUT2D eigenvalue weighted by Crippen LogP contribution is 2.45. The van der Waals surface area contributed by atoms with Crippen molar-refractivity contribution in [2.75, 3.05) is 38.0 Å². The monoisotopic (exact) mass is 468 g/mol. The molecule has 0 radical (unpaired) electrons. The lowest BCUT2D eigenvalue weighted by atomic mass is 9.77. The van der Waals surface area contributed by atoms with Gasteiger partial charge in [0.1, 0.15) is 0 Å². The van der Waals surface area contributed by atoms with Gasteiger partial charge in [0.15, 0.2) is 5.76 Å². The van der Waals surface area contributed by atoms with Gasteiger partial charge >= 0.3 is 5.91 Å². The number of carbonyl (C=O) groups excluding carboxylic acids is 1. The number of hydrogen-bond acceptors (Lipinski definition) is 5. The van der Waals surface area contributed by atoms with Gasteiger partial charge in [-0.3, -0.25) is 4.79 Å². The number of rotatable bonds is 5. The highest BCUT2D eigenvalue weighted by atomic mass is 16.3. The summed E-state index contributed by atoms with van der Waals surface area (Å²) in [6.07, 6.45) is 6.79. The Morgan fingerprint density at radius 1 is 0.971 bits per heavy atom. The van der Waals surface area contributed by atoms with Gasteiger partial charge in [-0.1, -0.05) is 24.3 Å². The Balaban J connectivity index is 1.53. The van der Waals surface area contributed by atoms with E-state index in [0.29, 0.717) is 5.76 Å². The number of carbonyl (C=O) groups is 1. The topological polar surface area (TPSA) is 52.3 Å². The van der Waals surface area contributed by atoms with Crippen LogP contribution in [0.2, 0.25) is 0 Å². The van der Waals surface area contributed by atoms with E-state index in [-0.39, 0.29) is 17.9 Å². The van der Waals surface area contributed by atoms with E-state index in [1.165, 1.54) is 17.5 Å². The summed E-state index contributed by atoms with van der Waals surface area (Å²) in [6.45, 7) is 0. The van der Waals surface area contributed by atoms with Gasteiger partial charge in [0, 0.05) is 45.5 Å². The van der Waals surface area contributed by atoms with Crippen molar-refractivity contribution in [2.24, 2.45) is 11.0 Å². The molecule has 35 heavy (non-hydrogen) atoms. The first-order valence-corrected chi connectivity index (χ1v) is 12.1. The van der Waals surface area contributed by atoms with Crippen molar-refractivity contribution in [2.45, 2.75) is 25.3 Å². The molecule has 2 aliphatic rings. The van der Waals surface area contributed by atoms with Crippen LogP contribution in [0.25, 0.3) is 6.08 Å². The summed E-state index contributed by atoms with van der Waals surface area (Å²) in [5.41, 5.74) is 6.77. The molecule has 2 aromatic carbocycles. The molecule has 0 spiro atoms. The molecule has 2 heterocycles. The Kier molecular flexibility index (Phi) is 6.20. The van der Waals surface area contributed by atoms with Crippen LogP contribution < -0.4 is 9.80 Å². The highest BCUT2D eigenvalue weighted by Gasteiger charge is 2.44. The zero-order chi connectivity index (χ0) is 24.5. The first-order chi connectivity index (χ1) is 16.9. The number of allylic oxidation sites excluding steroid dienone is 1. The van der Waals surface area contributed by atoms with Crippen LogP contribution in [-0.4, -0.2) is 44.8 Å². The average molecular weight is 469 g/mol. The van der Waals surface area contributed by atoms with E-state index >= 15 is 0 Å². The normalized spacial score (nSPS) is 20.5. The SMILES string of the molecule is CN(C)c1ccc(/C=C2/CCCC3C2=NN(C(=O)c2ccco2)C3c2ccc(N(C)C)cc2)cc1. The van der Waals surface area contributed by atoms with Crippen molar-refractivity contribution in [3.8, 4) is 0 Å². The average Bonchev–Trinajstić information content (AvgIpc) is 3.53. The van der Waals surface area contributed by atoms with Crippen molar-refractivity contribution < 1.29 is 9.21 Å². The Morgan fingerprint density at radius 2 is 1.63 bits per heavy atom. The molecule has 0 bridgehead atoms. The molecule has 0 saturated heterocycles. The molecule has 6 nitrogen and oxygen atoms in total. The summed E-state index contributed by atoms with van der Waals surface area (Å²) in [7, 11) is 8.15. The maximum atomic E-state index is 13.5. The largest absolute Gasteiger partial charge is 0.459 e. The molecule has 1 amide bonds. The third-order valence-electron chi connectivity index (χ3n) is 6.94. The van der Waals surface area contributed by atoms with Gasteiger partial charge in [-0.05, 0) is 78.4 Å². The van der Waals surface area contributed by atoms with Crippen molar-refractivity contribution in [3.05, 3.63) is 89.4 Å². The molecule has 2 atom stereocenters. The van der Waals surface area contributed by atoms with Crippen LogP contribution in [0.1, 0.15) is 47.0 Å². The number of hydrogen-bond donors (Lipinski definition) is 0. The number of benzene rings is 2. The quantitative estimate of drug-likeness (QED) is 0.471. The van der Waals surface area contributed by atoms with E-state index in [4.69, 9.17) is 9.52 Å². The van der Waals surface area contributed by atoms with Crippen molar-refractivity contribution in [1.29, 1.82) is 0 Å². The molecule has 3 aromatic rings. The van der Waals surface area contributed by atoms with Gasteiger partial charge in [-0.15, -0.1) is 0 Å². The molecule has 6 heteroatoms. The third-order valence-corrected chi connectivity index (χ3v) is 6.94. The lowest BCUT2D eigenvalue weighted by Crippen LogP contribution is -2.31. The fourth-order valence-corrected chi connectivity index (χ4v) is 5.05. The molecule has 1 aliphatic heterocycles. The van der Waals surface area contributed by atoms with Crippen LogP contribution in [0.5, 0.6) is 0 Å². The number of nitrogens with zero attached hydrogens (tertiary/aromatic N) is 4. The van der Waals surface area contributed by atoms with E-state index in [1.54, 1.807) is 17.1 Å². The maximum Gasteiger partial charge on any atom is 0.310 e. The van der Waals surface area contributed by atoms with Crippen LogP contribution in [0.4, 0.5) is 11.4 Å². The lowest BCUT2D eigenvalue weighted by molar-refractivity contribution is 0.0648. The standard InChI is InChI=1S/C29H32N4O2/c1-31(2)23-14-10-20(11-15-23)19-22-7-5-8-25-27(22)30-33(29(34)26-9-6-18-35-26)28(25)21-12-16-24(17-13-21)32(3)4/h6,9-19,25,28H,5,7-8H2,1-4H3/b22-19-. The summed E-state index contributed by atoms with van der Waals surface area (Å²) < 4.78 is 5.46. The van der Waals surface area contributed by atoms with Crippen molar-refractivity contribution in [3.63, 3.8) is 0 Å². The number of hydrazone groups is 1. The number of anilines is 2. The minimum absolute atomic E-state index is 0.153. The van der Waals surface area contributed by atoms with Crippen LogP contribution >= 0.6 is 0 Å². The molecular formula is C29H32N4O2. The summed E-state index contributed by atoms with van der Waals surface area (Å²) in [5, 5.41) is 6.61. The van der Waals surface area contributed by atoms with Crippen LogP contribution in [0.3, 0.4) is 0 Å². The van der Waals surface area contributed by atoms with E-state index in [1.807, 2.05) is 28.2 Å². The predicted octanol–water partition coefficient (Wildman–Crippen LogP) is 5.85. The molecule has 1 aliphatic carbocycles. The van der Waals surface area contributed by atoms with Crippen molar-refractivity contribution >= 4 is 29.1 Å². The second kappa shape index (κ2) is 9.45. The zero-order valence-electron chi connectivity index (χ0n) is 20.8. The molecule has 1 saturated carbocycles. The fourth-order valence-electron chi connectivity index (χ4n) is 5.05. The second-order valence-corrected chi connectivity index (χ2v) is 9.70. The van der Waals surface area contributed by atoms with E-state index in [9.17, 15) is 4.79 Å². The number of furan rings is 1. The molecule has 2 unspecified atom stereocenters. The predicted molar refractivity (Wildman–Crippen MR) is 142 cm³/mol. The third kappa shape index (κ3) is 4.48.